The van der Waals surface area contributed by atoms with Gasteiger partial charge >= 0.3 is 0 Å². The van der Waals surface area contributed by atoms with Crippen LogP contribution in [0.15, 0.2) is 66.0 Å². The Hall–Kier alpha value is -3.08. The van der Waals surface area contributed by atoms with E-state index in [-0.39, 0.29) is 5.82 Å². The number of nitroso groups, excluding NO2 is 1. The first-order chi connectivity index (χ1) is 10.8. The van der Waals surface area contributed by atoms with E-state index in [4.69, 9.17) is 0 Å². The first kappa shape index (κ1) is 12.6. The van der Waals surface area contributed by atoms with Crippen LogP contribution in [0.2, 0.25) is 0 Å². The highest BCUT2D eigenvalue weighted by atomic mass is 19.1. The topological polar surface area (TPSA) is 46.7 Å². The van der Waals surface area contributed by atoms with E-state index in [9.17, 15) is 9.30 Å². The van der Waals surface area contributed by atoms with Crippen LogP contribution in [0.1, 0.15) is 0 Å². The van der Waals surface area contributed by atoms with Crippen molar-refractivity contribution in [3.8, 4) is 11.3 Å². The van der Waals surface area contributed by atoms with Crippen LogP contribution in [0.25, 0.3) is 27.7 Å². The van der Waals surface area contributed by atoms with Gasteiger partial charge in [-0.25, -0.2) is 9.37 Å². The first-order valence-corrected chi connectivity index (χ1v) is 6.76. The van der Waals surface area contributed by atoms with Crippen LogP contribution in [-0.2, 0) is 0 Å². The average molecular weight is 291 g/mol. The lowest BCUT2D eigenvalue weighted by Gasteiger charge is -2.01. The Morgan fingerprint density at radius 1 is 1.00 bits per heavy atom. The molecule has 5 heteroatoms. The van der Waals surface area contributed by atoms with Crippen molar-refractivity contribution >= 4 is 22.2 Å². The predicted molar refractivity (Wildman–Crippen MR) is 83.5 cm³/mol. The highest BCUT2D eigenvalue weighted by molar-refractivity contribution is 5.88. The number of nitrogens with zero attached hydrogens (tertiary/aromatic N) is 3. The van der Waals surface area contributed by atoms with Crippen molar-refractivity contribution in [2.45, 2.75) is 0 Å². The third-order valence-corrected chi connectivity index (χ3v) is 3.67. The maximum Gasteiger partial charge on any atom is 0.209 e. The summed E-state index contributed by atoms with van der Waals surface area (Å²) in [6.45, 7) is 0. The van der Waals surface area contributed by atoms with Crippen molar-refractivity contribution in [3.63, 3.8) is 0 Å². The standard InChI is InChI=1S/C17H10FN3O/c18-14-7-8-15-19-16(17(20-22)21(15)10-14)13-6-5-11-3-1-2-4-12(11)9-13/h1-10H. The lowest BCUT2D eigenvalue weighted by molar-refractivity contribution is 0.619. The highest BCUT2D eigenvalue weighted by Gasteiger charge is 2.15. The Kier molecular flexibility index (Phi) is 2.72. The van der Waals surface area contributed by atoms with Crippen molar-refractivity contribution in [1.29, 1.82) is 0 Å². The zero-order valence-corrected chi connectivity index (χ0v) is 11.4. The second-order valence-corrected chi connectivity index (χ2v) is 5.01. The van der Waals surface area contributed by atoms with Crippen molar-refractivity contribution in [2.75, 3.05) is 0 Å². The zero-order chi connectivity index (χ0) is 15.1. The van der Waals surface area contributed by atoms with Gasteiger partial charge in [-0.05, 0) is 34.1 Å². The van der Waals surface area contributed by atoms with Gasteiger partial charge in [-0.2, -0.15) is 0 Å². The molecule has 2 aromatic carbocycles. The summed E-state index contributed by atoms with van der Waals surface area (Å²) < 4.78 is 14.7. The molecule has 2 aromatic heterocycles. The number of imidazole rings is 1. The number of pyridine rings is 1. The molecular formula is C17H10FN3O. The SMILES string of the molecule is O=Nc1c(-c2ccc3ccccc3c2)nc2ccc(F)cn12. The van der Waals surface area contributed by atoms with Crippen LogP contribution < -0.4 is 0 Å². The Morgan fingerprint density at radius 2 is 1.82 bits per heavy atom. The van der Waals surface area contributed by atoms with E-state index in [1.54, 1.807) is 0 Å². The molecule has 0 fully saturated rings. The Balaban J connectivity index is 2.00. The molecule has 0 unspecified atom stereocenters. The van der Waals surface area contributed by atoms with Crippen molar-refractivity contribution < 1.29 is 4.39 Å². The fourth-order valence-corrected chi connectivity index (χ4v) is 2.62. The van der Waals surface area contributed by atoms with E-state index in [0.717, 1.165) is 16.3 Å². The van der Waals surface area contributed by atoms with Gasteiger partial charge in [-0.1, -0.05) is 36.4 Å². The van der Waals surface area contributed by atoms with Gasteiger partial charge in [0.25, 0.3) is 0 Å². The minimum absolute atomic E-state index is 0.102. The minimum Gasteiger partial charge on any atom is -0.278 e. The summed E-state index contributed by atoms with van der Waals surface area (Å²) in [5, 5.41) is 5.18. The quantitative estimate of drug-likeness (QED) is 0.503. The summed E-state index contributed by atoms with van der Waals surface area (Å²) in [7, 11) is 0. The Labute approximate surface area is 124 Å². The van der Waals surface area contributed by atoms with Crippen LogP contribution in [0.3, 0.4) is 0 Å². The molecule has 0 aliphatic heterocycles. The molecule has 22 heavy (non-hydrogen) atoms. The molecule has 106 valence electrons. The van der Waals surface area contributed by atoms with Crippen molar-refractivity contribution in [1.82, 2.24) is 9.38 Å². The zero-order valence-electron chi connectivity index (χ0n) is 11.4. The number of halogens is 1. The molecule has 4 aromatic rings. The number of fused-ring (bicyclic) bond motifs is 2. The lowest BCUT2D eigenvalue weighted by atomic mass is 10.1. The molecule has 0 amide bonds. The second-order valence-electron chi connectivity index (χ2n) is 5.01. The van der Waals surface area contributed by atoms with Gasteiger partial charge in [-0.3, -0.25) is 4.40 Å². The van der Waals surface area contributed by atoms with Gasteiger partial charge in [0.15, 0.2) is 0 Å². The maximum absolute atomic E-state index is 13.4. The number of rotatable bonds is 2. The fraction of sp³-hybridized carbons (Fsp3) is 0. The Morgan fingerprint density at radius 3 is 2.64 bits per heavy atom. The van der Waals surface area contributed by atoms with E-state index < -0.39 is 5.82 Å². The highest BCUT2D eigenvalue weighted by Crippen LogP contribution is 2.32. The summed E-state index contributed by atoms with van der Waals surface area (Å²) in [5.74, 6) is -0.343. The van der Waals surface area contributed by atoms with E-state index in [0.29, 0.717) is 11.3 Å². The van der Waals surface area contributed by atoms with Crippen LogP contribution >= 0.6 is 0 Å². The van der Waals surface area contributed by atoms with E-state index >= 15 is 0 Å². The van der Waals surface area contributed by atoms with Gasteiger partial charge in [-0.15, -0.1) is 4.91 Å². The van der Waals surface area contributed by atoms with Gasteiger partial charge < -0.3 is 0 Å². The molecule has 0 aliphatic rings. The molecular weight excluding hydrogens is 281 g/mol. The van der Waals surface area contributed by atoms with Crippen LogP contribution in [0, 0.1) is 10.7 Å². The third kappa shape index (κ3) is 1.87. The molecule has 0 saturated heterocycles. The number of hydrogen-bond donors (Lipinski definition) is 0. The summed E-state index contributed by atoms with van der Waals surface area (Å²) >= 11 is 0. The lowest BCUT2D eigenvalue weighted by Crippen LogP contribution is -1.85. The van der Waals surface area contributed by atoms with Crippen molar-refractivity contribution in [2.24, 2.45) is 5.18 Å². The summed E-state index contributed by atoms with van der Waals surface area (Å²) in [6, 6.07) is 16.5. The number of hydrogen-bond acceptors (Lipinski definition) is 3. The minimum atomic E-state index is -0.445. The molecule has 0 saturated carbocycles. The summed E-state index contributed by atoms with van der Waals surface area (Å²) in [5.41, 5.74) is 1.71. The molecule has 0 N–H and O–H groups in total. The maximum atomic E-state index is 13.4. The van der Waals surface area contributed by atoms with Crippen LogP contribution in [0.5, 0.6) is 0 Å². The summed E-state index contributed by atoms with van der Waals surface area (Å²) in [4.78, 5) is 15.6. The molecule has 0 atom stereocenters. The normalized spacial score (nSPS) is 11.1. The van der Waals surface area contributed by atoms with Gasteiger partial charge in [0, 0.05) is 11.8 Å². The van der Waals surface area contributed by atoms with E-state index in [1.165, 1.54) is 22.7 Å². The van der Waals surface area contributed by atoms with Gasteiger partial charge in [0.2, 0.25) is 5.82 Å². The average Bonchev–Trinajstić information content (AvgIpc) is 2.92. The van der Waals surface area contributed by atoms with Crippen LogP contribution in [0.4, 0.5) is 10.2 Å². The third-order valence-electron chi connectivity index (χ3n) is 3.67. The number of benzene rings is 2. The molecule has 0 aliphatic carbocycles. The molecule has 0 spiro atoms. The molecule has 2 heterocycles. The molecule has 0 radical (unpaired) electrons. The molecule has 0 bridgehead atoms. The largest absolute Gasteiger partial charge is 0.278 e. The fourth-order valence-electron chi connectivity index (χ4n) is 2.62. The number of aromatic nitrogens is 2. The van der Waals surface area contributed by atoms with E-state index in [2.05, 4.69) is 10.2 Å². The molecule has 4 rings (SSSR count). The van der Waals surface area contributed by atoms with Gasteiger partial charge in [0.05, 0.1) is 0 Å². The van der Waals surface area contributed by atoms with Gasteiger partial charge in [0.1, 0.15) is 17.2 Å². The van der Waals surface area contributed by atoms with Crippen molar-refractivity contribution in [3.05, 3.63) is 71.5 Å². The first-order valence-electron chi connectivity index (χ1n) is 6.76. The predicted octanol–water partition coefficient (Wildman–Crippen LogP) is 4.69. The summed E-state index contributed by atoms with van der Waals surface area (Å²) in [6.07, 6.45) is 1.21. The smallest absolute Gasteiger partial charge is 0.209 e. The Bertz CT molecular complexity index is 1020. The monoisotopic (exact) mass is 291 g/mol. The van der Waals surface area contributed by atoms with E-state index in [1.807, 2.05) is 42.5 Å². The van der Waals surface area contributed by atoms with Crippen LogP contribution in [-0.4, -0.2) is 9.38 Å². The molecule has 4 nitrogen and oxygen atoms in total. The second kappa shape index (κ2) is 4.73.